The van der Waals surface area contributed by atoms with Crippen LogP contribution in [0.4, 0.5) is 0 Å². The van der Waals surface area contributed by atoms with Gasteiger partial charge in [-0.05, 0) is 24.8 Å². The molecule has 0 bridgehead atoms. The Morgan fingerprint density at radius 2 is 2.32 bits per heavy atom. The fraction of sp³-hybridized carbons (Fsp3) is 0.375. The summed E-state index contributed by atoms with van der Waals surface area (Å²) in [6, 6.07) is 6.18. The number of hydrogen-bond acceptors (Lipinski definition) is 3. The van der Waals surface area contributed by atoms with Crippen LogP contribution >= 0.6 is 0 Å². The Bertz CT molecular complexity index is 505. The van der Waals surface area contributed by atoms with Gasteiger partial charge in [0.15, 0.2) is 0 Å². The van der Waals surface area contributed by atoms with Crippen molar-refractivity contribution < 1.29 is 9.53 Å². The maximum Gasteiger partial charge on any atom is 0.144 e. The van der Waals surface area contributed by atoms with E-state index in [0.717, 1.165) is 11.1 Å². The Labute approximate surface area is 114 Å². The summed E-state index contributed by atoms with van der Waals surface area (Å²) in [7, 11) is 0. The largest absolute Gasteiger partial charge is 0.377 e. The van der Waals surface area contributed by atoms with Gasteiger partial charge in [-0.2, -0.15) is 0 Å². The second kappa shape index (κ2) is 6.43. The fourth-order valence-electron chi connectivity index (χ4n) is 2.22. The van der Waals surface area contributed by atoms with Crippen molar-refractivity contribution in [2.45, 2.75) is 13.3 Å². The third-order valence-electron chi connectivity index (χ3n) is 3.30. The normalized spacial score (nSPS) is 21.5. The van der Waals surface area contributed by atoms with Gasteiger partial charge in [0.05, 0.1) is 25.7 Å². The van der Waals surface area contributed by atoms with Crippen LogP contribution in [0, 0.1) is 12.8 Å². The highest BCUT2D eigenvalue weighted by atomic mass is 16.5. The van der Waals surface area contributed by atoms with Crippen LogP contribution in [-0.2, 0) is 16.0 Å². The van der Waals surface area contributed by atoms with Gasteiger partial charge in [-0.3, -0.25) is 4.79 Å². The summed E-state index contributed by atoms with van der Waals surface area (Å²) in [4.78, 5) is 16.1. The second-order valence-electron chi connectivity index (χ2n) is 4.89. The van der Waals surface area contributed by atoms with Crippen LogP contribution in [0.5, 0.6) is 0 Å². The zero-order chi connectivity index (χ0) is 13.7. The molecule has 1 atom stereocenters. The maximum absolute atomic E-state index is 12.3. The monoisotopic (exact) mass is 257 g/mol. The molecule has 3 heteroatoms. The molecule has 0 saturated heterocycles. The minimum absolute atomic E-state index is 0.174. The van der Waals surface area contributed by atoms with Crippen molar-refractivity contribution in [2.24, 2.45) is 10.9 Å². The summed E-state index contributed by atoms with van der Waals surface area (Å²) in [5.41, 5.74) is 3.37. The third kappa shape index (κ3) is 3.61. The van der Waals surface area contributed by atoms with E-state index in [1.807, 2.05) is 24.3 Å². The van der Waals surface area contributed by atoms with Crippen molar-refractivity contribution in [1.29, 1.82) is 0 Å². The lowest BCUT2D eigenvalue weighted by atomic mass is 9.94. The van der Waals surface area contributed by atoms with Crippen LogP contribution in [0.2, 0.25) is 0 Å². The van der Waals surface area contributed by atoms with Gasteiger partial charge >= 0.3 is 0 Å². The number of benzene rings is 1. The van der Waals surface area contributed by atoms with E-state index in [4.69, 9.17) is 4.74 Å². The number of rotatable bonds is 2. The number of nitrogens with zero attached hydrogens (tertiary/aromatic N) is 1. The van der Waals surface area contributed by atoms with Crippen molar-refractivity contribution in [3.05, 3.63) is 41.0 Å². The van der Waals surface area contributed by atoms with Gasteiger partial charge in [-0.15, -0.1) is 0 Å². The number of aliphatic imine (C=N–C) groups is 1. The topological polar surface area (TPSA) is 38.7 Å². The first kappa shape index (κ1) is 13.7. The van der Waals surface area contributed by atoms with Crippen LogP contribution in [0.15, 0.2) is 29.3 Å². The lowest BCUT2D eigenvalue weighted by Gasteiger charge is -2.16. The number of carbonyl (C=O) groups excluding carboxylic acids is 1. The van der Waals surface area contributed by atoms with E-state index in [1.165, 1.54) is 5.56 Å². The predicted octanol–water partition coefficient (Wildman–Crippen LogP) is 2.47. The average Bonchev–Trinajstić information content (AvgIpc) is 2.39. The van der Waals surface area contributed by atoms with Crippen molar-refractivity contribution in [1.82, 2.24) is 0 Å². The standard InChI is InChI=1S/C16H19NO2/c1-12-5-6-14-9-16(18)15(10-17-2)11-19-7-3-4-13(14)8-12/h3-6,8,15H,2,7,9-11H2,1H3/b4-3-. The molecule has 1 aromatic rings. The van der Waals surface area contributed by atoms with Gasteiger partial charge < -0.3 is 9.73 Å². The molecule has 0 aliphatic carbocycles. The molecular weight excluding hydrogens is 238 g/mol. The molecule has 0 spiro atoms. The van der Waals surface area contributed by atoms with E-state index >= 15 is 0 Å². The highest BCUT2D eigenvalue weighted by Crippen LogP contribution is 2.18. The second-order valence-corrected chi connectivity index (χ2v) is 4.89. The number of fused-ring (bicyclic) bond motifs is 1. The van der Waals surface area contributed by atoms with Gasteiger partial charge in [-0.25, -0.2) is 0 Å². The lowest BCUT2D eigenvalue weighted by Crippen LogP contribution is -2.25. The van der Waals surface area contributed by atoms with Gasteiger partial charge in [0.25, 0.3) is 0 Å². The Morgan fingerprint density at radius 3 is 3.11 bits per heavy atom. The summed E-state index contributed by atoms with van der Waals surface area (Å²) in [5.74, 6) is -0.00837. The minimum Gasteiger partial charge on any atom is -0.377 e. The summed E-state index contributed by atoms with van der Waals surface area (Å²) >= 11 is 0. The fourth-order valence-corrected chi connectivity index (χ4v) is 2.22. The molecule has 3 nitrogen and oxygen atoms in total. The quantitative estimate of drug-likeness (QED) is 0.763. The highest BCUT2D eigenvalue weighted by molar-refractivity contribution is 5.84. The average molecular weight is 257 g/mol. The van der Waals surface area contributed by atoms with E-state index in [0.29, 0.717) is 26.2 Å². The maximum atomic E-state index is 12.3. The van der Waals surface area contributed by atoms with Crippen LogP contribution in [0.25, 0.3) is 6.08 Å². The molecule has 100 valence electrons. The Balaban J connectivity index is 2.30. The third-order valence-corrected chi connectivity index (χ3v) is 3.30. The molecule has 0 radical (unpaired) electrons. The number of ketones is 1. The molecule has 0 aromatic heterocycles. The molecule has 0 N–H and O–H groups in total. The summed E-state index contributed by atoms with van der Waals surface area (Å²) in [6.45, 7) is 6.90. The molecule has 1 unspecified atom stereocenters. The summed E-state index contributed by atoms with van der Waals surface area (Å²) in [5, 5.41) is 0. The highest BCUT2D eigenvalue weighted by Gasteiger charge is 2.19. The number of hydrogen-bond donors (Lipinski definition) is 0. The minimum atomic E-state index is -0.182. The molecule has 0 amide bonds. The van der Waals surface area contributed by atoms with Crippen LogP contribution < -0.4 is 0 Å². The number of carbonyl (C=O) groups is 1. The number of ether oxygens (including phenoxy) is 1. The SMILES string of the molecule is C=NCC1COC/C=C\c2cc(C)ccc2CC1=O. The zero-order valence-electron chi connectivity index (χ0n) is 11.3. The molecule has 1 aliphatic rings. The molecule has 1 aliphatic heterocycles. The first-order valence-electron chi connectivity index (χ1n) is 6.49. The lowest BCUT2D eigenvalue weighted by molar-refractivity contribution is -0.123. The van der Waals surface area contributed by atoms with Crippen LogP contribution in [-0.4, -0.2) is 32.3 Å². The van der Waals surface area contributed by atoms with Crippen molar-refractivity contribution >= 4 is 18.6 Å². The molecule has 1 heterocycles. The molecule has 19 heavy (non-hydrogen) atoms. The Morgan fingerprint density at radius 1 is 1.47 bits per heavy atom. The van der Waals surface area contributed by atoms with E-state index < -0.39 is 0 Å². The predicted molar refractivity (Wildman–Crippen MR) is 77.6 cm³/mol. The first-order valence-corrected chi connectivity index (χ1v) is 6.49. The van der Waals surface area contributed by atoms with E-state index in [2.05, 4.69) is 24.7 Å². The van der Waals surface area contributed by atoms with Gasteiger partial charge in [0.1, 0.15) is 5.78 Å². The van der Waals surface area contributed by atoms with E-state index in [-0.39, 0.29) is 11.7 Å². The molecular formula is C16H19NO2. The van der Waals surface area contributed by atoms with Crippen molar-refractivity contribution in [3.63, 3.8) is 0 Å². The number of Topliss-reactive ketones (excluding diaryl/α,β-unsaturated/α-hetero) is 1. The van der Waals surface area contributed by atoms with E-state index in [9.17, 15) is 4.79 Å². The van der Waals surface area contributed by atoms with Gasteiger partial charge in [-0.1, -0.05) is 35.9 Å². The van der Waals surface area contributed by atoms with Gasteiger partial charge in [0, 0.05) is 6.42 Å². The summed E-state index contributed by atoms with van der Waals surface area (Å²) < 4.78 is 5.50. The Kier molecular flexibility index (Phi) is 4.63. The smallest absolute Gasteiger partial charge is 0.144 e. The number of aryl methyl sites for hydroxylation is 1. The zero-order valence-corrected chi connectivity index (χ0v) is 11.3. The molecule has 2 rings (SSSR count). The molecule has 1 aromatic carbocycles. The van der Waals surface area contributed by atoms with Crippen LogP contribution in [0.1, 0.15) is 16.7 Å². The summed E-state index contributed by atoms with van der Waals surface area (Å²) in [6.07, 6.45) is 4.46. The van der Waals surface area contributed by atoms with Crippen molar-refractivity contribution in [2.75, 3.05) is 19.8 Å². The van der Waals surface area contributed by atoms with Crippen molar-refractivity contribution in [3.8, 4) is 0 Å². The Hall–Kier alpha value is -1.74. The van der Waals surface area contributed by atoms with Crippen LogP contribution in [0.3, 0.4) is 0 Å². The first-order chi connectivity index (χ1) is 9.20. The van der Waals surface area contributed by atoms with E-state index in [1.54, 1.807) is 0 Å². The molecule has 0 saturated carbocycles. The molecule has 0 fully saturated rings. The van der Waals surface area contributed by atoms with Gasteiger partial charge in [0.2, 0.25) is 0 Å².